The number of amides is 2. The van der Waals surface area contributed by atoms with Gasteiger partial charge in [-0.1, -0.05) is 27.7 Å². The summed E-state index contributed by atoms with van der Waals surface area (Å²) in [6, 6.07) is 12.6. The molecule has 1 aliphatic heterocycles. The number of carbonyl (C=O) groups is 3. The number of aromatic carboxylic acids is 1. The molecule has 4 rings (SSSR count). The normalized spacial score (nSPS) is 10.9. The highest BCUT2D eigenvalue weighted by Crippen LogP contribution is 2.42. The first-order valence-electron chi connectivity index (χ1n) is 11.3. The number of aromatic hydroxyl groups is 1. The number of aliphatic carboxylic acids is 1. The Hall–Kier alpha value is -4.16. The maximum atomic E-state index is 12.3. The Morgan fingerprint density at radius 2 is 1.66 bits per heavy atom. The van der Waals surface area contributed by atoms with Crippen LogP contribution in [0.2, 0.25) is 0 Å². The zero-order valence-corrected chi connectivity index (χ0v) is 21.4. The molecule has 0 radical (unpaired) electrons. The molecular weight excluding hydrogens is 532 g/mol. The summed E-state index contributed by atoms with van der Waals surface area (Å²) in [7, 11) is 2.85. The molecule has 2 aromatic rings. The second kappa shape index (κ2) is 11.9. The standard InChI is InChI=1S/C26H22N2O8S2/c29-15-2-5-18-21(12-15)36-22-13-16(30)3-6-19(22)24(18)17-4-1-14(11-20(17)25(33)34)28-26(35)27-8-10-38-37-9-7-23(31)32/h1-6,11-13,29H,7-10H2,(H,31,32)(H,33,34)(H2,27,28,35). The lowest BCUT2D eigenvalue weighted by molar-refractivity contribution is -0.136. The number of anilines is 1. The summed E-state index contributed by atoms with van der Waals surface area (Å²) in [6.07, 6.45) is 0.0684. The molecule has 5 N–H and O–H groups in total. The number of nitrogens with one attached hydrogen (secondary N) is 2. The number of urea groups is 1. The monoisotopic (exact) mass is 554 g/mol. The molecule has 2 aromatic carbocycles. The van der Waals surface area contributed by atoms with Crippen molar-refractivity contribution in [3.63, 3.8) is 0 Å². The van der Waals surface area contributed by atoms with Crippen molar-refractivity contribution in [2.45, 2.75) is 6.42 Å². The zero-order valence-electron chi connectivity index (χ0n) is 19.7. The first-order chi connectivity index (χ1) is 18.2. The van der Waals surface area contributed by atoms with Crippen molar-refractivity contribution in [2.24, 2.45) is 0 Å². The molecule has 0 spiro atoms. The van der Waals surface area contributed by atoms with Crippen LogP contribution >= 0.6 is 21.6 Å². The lowest BCUT2D eigenvalue weighted by Gasteiger charge is -2.17. The van der Waals surface area contributed by atoms with Gasteiger partial charge in [-0.15, -0.1) is 0 Å². The molecule has 0 saturated heterocycles. The summed E-state index contributed by atoms with van der Waals surface area (Å²) in [4.78, 5) is 47.0. The Bertz CT molecular complexity index is 1550. The van der Waals surface area contributed by atoms with E-state index in [2.05, 4.69) is 10.6 Å². The largest absolute Gasteiger partial charge is 0.508 e. The minimum Gasteiger partial charge on any atom is -0.508 e. The number of carbonyl (C=O) groups excluding carboxylic acids is 1. The van der Waals surface area contributed by atoms with E-state index < -0.39 is 18.0 Å². The average Bonchev–Trinajstić information content (AvgIpc) is 2.86. The molecule has 0 unspecified atom stereocenters. The summed E-state index contributed by atoms with van der Waals surface area (Å²) in [5.74, 6) is -0.859. The SMILES string of the molecule is O=C(O)CCSSCCNC(=O)Nc1ccc(-c2c3ccc(=O)cc-3oc3cc(O)ccc23)c(C(=O)O)c1. The minimum atomic E-state index is -1.22. The molecule has 1 heterocycles. The number of phenols is 1. The van der Waals surface area contributed by atoms with Crippen molar-refractivity contribution in [1.82, 2.24) is 5.32 Å². The van der Waals surface area contributed by atoms with Crippen LogP contribution in [0.1, 0.15) is 16.8 Å². The number of hydrogen-bond donors (Lipinski definition) is 5. The highest BCUT2D eigenvalue weighted by atomic mass is 33.1. The number of carboxylic acid groups (broad SMARTS) is 2. The van der Waals surface area contributed by atoms with Crippen LogP contribution in [0, 0.1) is 0 Å². The van der Waals surface area contributed by atoms with Gasteiger partial charge in [0.1, 0.15) is 17.1 Å². The predicted molar refractivity (Wildman–Crippen MR) is 147 cm³/mol. The van der Waals surface area contributed by atoms with Gasteiger partial charge in [0.15, 0.2) is 5.43 Å². The Balaban J connectivity index is 1.58. The third-order valence-corrected chi connectivity index (χ3v) is 7.82. The topological polar surface area (TPSA) is 166 Å². The molecule has 0 fully saturated rings. The van der Waals surface area contributed by atoms with Crippen molar-refractivity contribution in [3.8, 4) is 28.2 Å². The number of benzene rings is 3. The zero-order chi connectivity index (χ0) is 27.2. The van der Waals surface area contributed by atoms with Crippen LogP contribution in [-0.4, -0.2) is 51.3 Å². The van der Waals surface area contributed by atoms with Crippen LogP contribution in [0.15, 0.2) is 63.8 Å². The van der Waals surface area contributed by atoms with Gasteiger partial charge < -0.3 is 30.4 Å². The number of fused-ring (bicyclic) bond motifs is 2. The molecule has 196 valence electrons. The summed E-state index contributed by atoms with van der Waals surface area (Å²) in [5, 5.41) is 34.4. The molecule has 38 heavy (non-hydrogen) atoms. The third kappa shape index (κ3) is 6.39. The van der Waals surface area contributed by atoms with Gasteiger partial charge in [-0.05, 0) is 42.0 Å². The quantitative estimate of drug-likeness (QED) is 0.103. The van der Waals surface area contributed by atoms with Crippen LogP contribution in [0.3, 0.4) is 0 Å². The lowest BCUT2D eigenvalue weighted by atomic mass is 9.90. The molecule has 2 amide bonds. The van der Waals surface area contributed by atoms with Crippen LogP contribution in [0.25, 0.3) is 33.4 Å². The summed E-state index contributed by atoms with van der Waals surface area (Å²) in [5.41, 5.74) is 1.54. The van der Waals surface area contributed by atoms with E-state index in [4.69, 9.17) is 9.52 Å². The van der Waals surface area contributed by atoms with Crippen LogP contribution in [-0.2, 0) is 4.79 Å². The molecule has 0 atom stereocenters. The van der Waals surface area contributed by atoms with Crippen LogP contribution < -0.4 is 16.1 Å². The molecule has 2 aliphatic rings. The lowest BCUT2D eigenvalue weighted by Crippen LogP contribution is -2.30. The average molecular weight is 555 g/mol. The number of rotatable bonds is 10. The fourth-order valence-electron chi connectivity index (χ4n) is 3.79. The Labute approximate surface area is 223 Å². The van der Waals surface area contributed by atoms with Crippen molar-refractivity contribution in [1.29, 1.82) is 0 Å². The fourth-order valence-corrected chi connectivity index (χ4v) is 5.68. The summed E-state index contributed by atoms with van der Waals surface area (Å²) in [6.45, 7) is 0.334. The van der Waals surface area contributed by atoms with Gasteiger partial charge in [-0.25, -0.2) is 9.59 Å². The Morgan fingerprint density at radius 1 is 0.895 bits per heavy atom. The molecular formula is C26H22N2O8S2. The van der Waals surface area contributed by atoms with Gasteiger partial charge in [-0.3, -0.25) is 9.59 Å². The highest BCUT2D eigenvalue weighted by Gasteiger charge is 2.22. The molecule has 12 heteroatoms. The van der Waals surface area contributed by atoms with E-state index in [0.717, 1.165) is 0 Å². The van der Waals surface area contributed by atoms with E-state index in [1.165, 1.54) is 51.9 Å². The van der Waals surface area contributed by atoms with E-state index in [9.17, 15) is 29.4 Å². The first-order valence-corrected chi connectivity index (χ1v) is 13.8. The van der Waals surface area contributed by atoms with Gasteiger partial charge in [0.2, 0.25) is 0 Å². The third-order valence-electron chi connectivity index (χ3n) is 5.41. The number of hydrogen-bond acceptors (Lipinski definition) is 8. The van der Waals surface area contributed by atoms with Crippen LogP contribution in [0.4, 0.5) is 10.5 Å². The van der Waals surface area contributed by atoms with Crippen molar-refractivity contribution in [3.05, 3.63) is 70.4 Å². The smallest absolute Gasteiger partial charge is 0.336 e. The molecule has 0 bridgehead atoms. The predicted octanol–water partition coefficient (Wildman–Crippen LogP) is 4.95. The van der Waals surface area contributed by atoms with E-state index in [1.807, 2.05) is 0 Å². The number of carboxylic acids is 2. The first kappa shape index (κ1) is 26.9. The van der Waals surface area contributed by atoms with Gasteiger partial charge >= 0.3 is 18.0 Å². The van der Waals surface area contributed by atoms with Gasteiger partial charge in [0.25, 0.3) is 0 Å². The summed E-state index contributed by atoms with van der Waals surface area (Å²) < 4.78 is 5.82. The highest BCUT2D eigenvalue weighted by molar-refractivity contribution is 8.76. The Kier molecular flexibility index (Phi) is 8.44. The van der Waals surface area contributed by atoms with Crippen molar-refractivity contribution < 1.29 is 34.1 Å². The van der Waals surface area contributed by atoms with Crippen molar-refractivity contribution >= 4 is 56.2 Å². The molecule has 0 aromatic heterocycles. The van der Waals surface area contributed by atoms with Crippen LogP contribution in [0.5, 0.6) is 5.75 Å². The van der Waals surface area contributed by atoms with E-state index >= 15 is 0 Å². The van der Waals surface area contributed by atoms with Crippen molar-refractivity contribution in [2.75, 3.05) is 23.4 Å². The molecule has 1 aliphatic carbocycles. The van der Waals surface area contributed by atoms with Gasteiger partial charge in [0, 0.05) is 52.4 Å². The number of phenolic OH excluding ortho intramolecular Hbond substituents is 1. The van der Waals surface area contributed by atoms with Gasteiger partial charge in [-0.2, -0.15) is 0 Å². The van der Waals surface area contributed by atoms with Gasteiger partial charge in [0.05, 0.1) is 12.0 Å². The molecule has 0 saturated carbocycles. The Morgan fingerprint density at radius 3 is 2.42 bits per heavy atom. The minimum absolute atomic E-state index is 0.0499. The molecule has 10 nitrogen and oxygen atoms in total. The van der Waals surface area contributed by atoms with E-state index in [0.29, 0.717) is 40.1 Å². The fraction of sp³-hybridized carbons (Fsp3) is 0.154. The van der Waals surface area contributed by atoms with E-state index in [1.54, 1.807) is 24.3 Å². The van der Waals surface area contributed by atoms with E-state index in [-0.39, 0.29) is 40.2 Å². The second-order valence-corrected chi connectivity index (χ2v) is 10.8. The second-order valence-electron chi connectivity index (χ2n) is 8.05. The maximum absolute atomic E-state index is 12.3. The summed E-state index contributed by atoms with van der Waals surface area (Å²) >= 11 is 0. The maximum Gasteiger partial charge on any atom is 0.336 e.